The molecule has 0 spiro atoms. The number of rotatable bonds is 5. The van der Waals surface area contributed by atoms with E-state index in [9.17, 15) is 29.0 Å². The van der Waals surface area contributed by atoms with Gasteiger partial charge in [-0.2, -0.15) is 0 Å². The summed E-state index contributed by atoms with van der Waals surface area (Å²) in [4.78, 5) is 28.7. The normalized spacial score (nSPS) is 19.6. The van der Waals surface area contributed by atoms with E-state index in [4.69, 9.17) is 14.2 Å². The number of carbonyl (C=O) groups is 2. The zero-order valence-electron chi connectivity index (χ0n) is 17.9. The third kappa shape index (κ3) is 4.23. The number of methoxy groups -OCH3 is 3. The molecule has 2 aromatic rings. The first-order valence-corrected chi connectivity index (χ1v) is 11.2. The van der Waals surface area contributed by atoms with Gasteiger partial charge in [0.2, 0.25) is 0 Å². The molecular formula is C20H22F5NO5S. The zero-order valence-corrected chi connectivity index (χ0v) is 18.7. The van der Waals surface area contributed by atoms with Crippen LogP contribution >= 0.6 is 10.2 Å². The molecule has 0 bridgehead atoms. The van der Waals surface area contributed by atoms with Crippen LogP contribution in [0.3, 0.4) is 0 Å². The van der Waals surface area contributed by atoms with E-state index in [2.05, 4.69) is 4.98 Å². The molecule has 1 unspecified atom stereocenters. The zero-order chi connectivity index (χ0) is 24.6. The lowest BCUT2D eigenvalue weighted by Crippen LogP contribution is -2.43. The van der Waals surface area contributed by atoms with Crippen LogP contribution in [0.15, 0.2) is 35.5 Å². The van der Waals surface area contributed by atoms with E-state index in [0.717, 1.165) is 7.11 Å². The van der Waals surface area contributed by atoms with Crippen molar-refractivity contribution in [3.8, 4) is 11.5 Å². The Morgan fingerprint density at radius 3 is 2.00 bits per heavy atom. The number of esters is 1. The molecule has 1 heterocycles. The first-order valence-electron chi connectivity index (χ1n) is 9.26. The molecule has 1 atom stereocenters. The van der Waals surface area contributed by atoms with E-state index in [1.165, 1.54) is 26.4 Å². The summed E-state index contributed by atoms with van der Waals surface area (Å²) in [6, 6.07) is 3.47. The Balaban J connectivity index is 0.00000176. The molecule has 0 radical (unpaired) electrons. The van der Waals surface area contributed by atoms with Gasteiger partial charge in [0.15, 0.2) is 27.7 Å². The lowest BCUT2D eigenvalue weighted by atomic mass is 9.77. The van der Waals surface area contributed by atoms with Crippen molar-refractivity contribution >= 4 is 22.0 Å². The number of halogens is 5. The minimum Gasteiger partial charge on any atom is -0.493 e. The van der Waals surface area contributed by atoms with Gasteiger partial charge in [0, 0.05) is 18.2 Å². The van der Waals surface area contributed by atoms with Gasteiger partial charge in [-0.15, -0.1) is 0 Å². The van der Waals surface area contributed by atoms with Gasteiger partial charge in [0.1, 0.15) is 0 Å². The molecule has 6 nitrogen and oxygen atoms in total. The van der Waals surface area contributed by atoms with E-state index in [1.54, 1.807) is 0 Å². The maximum atomic E-state index is 13.2. The lowest BCUT2D eigenvalue weighted by Gasteiger charge is -2.39. The van der Waals surface area contributed by atoms with Crippen molar-refractivity contribution in [3.05, 3.63) is 47.2 Å². The van der Waals surface area contributed by atoms with E-state index < -0.39 is 32.4 Å². The van der Waals surface area contributed by atoms with Crippen molar-refractivity contribution in [3.63, 3.8) is 0 Å². The molecule has 0 amide bonds. The number of benzene rings is 1. The fraction of sp³-hybridized carbons (Fsp3) is 0.350. The molecule has 12 heteroatoms. The molecule has 1 aliphatic carbocycles. The van der Waals surface area contributed by atoms with Crippen LogP contribution in [-0.4, -0.2) is 38.1 Å². The second-order valence-electron chi connectivity index (χ2n) is 6.62. The Morgan fingerprint density at radius 1 is 1.00 bits per heavy atom. The Bertz CT molecular complexity index is 1060. The Morgan fingerprint density at radius 2 is 1.56 bits per heavy atom. The van der Waals surface area contributed by atoms with Crippen LogP contribution < -0.4 is 9.47 Å². The highest BCUT2D eigenvalue weighted by Gasteiger charge is 2.67. The number of ether oxygens (including phenoxy) is 3. The predicted molar refractivity (Wildman–Crippen MR) is 108 cm³/mol. The molecule has 0 fully saturated rings. The molecule has 3 rings (SSSR count). The second kappa shape index (κ2) is 7.61. The van der Waals surface area contributed by atoms with Crippen LogP contribution in [0.5, 0.6) is 11.5 Å². The quantitative estimate of drug-likeness (QED) is 0.312. The van der Waals surface area contributed by atoms with Gasteiger partial charge in [-0.25, -0.2) is 4.98 Å². The van der Waals surface area contributed by atoms with E-state index in [-0.39, 0.29) is 35.1 Å². The van der Waals surface area contributed by atoms with Crippen molar-refractivity contribution in [2.75, 3.05) is 21.3 Å². The number of Topliss-reactive ketones (excluding diaryl/α,β-unsaturated/α-hetero) is 1. The summed E-state index contributed by atoms with van der Waals surface area (Å²) in [5.41, 5.74) is -1.98. The van der Waals surface area contributed by atoms with Gasteiger partial charge < -0.3 is 14.2 Å². The predicted octanol–water partition coefficient (Wildman–Crippen LogP) is 5.63. The van der Waals surface area contributed by atoms with Crippen LogP contribution in [-0.2, 0) is 21.4 Å². The van der Waals surface area contributed by atoms with Crippen LogP contribution in [0.25, 0.3) is 0 Å². The number of ketones is 1. The first-order chi connectivity index (χ1) is 14.7. The summed E-state index contributed by atoms with van der Waals surface area (Å²) in [7, 11) is -6.33. The van der Waals surface area contributed by atoms with Crippen LogP contribution in [0.2, 0.25) is 0 Å². The number of nitrogens with zero attached hydrogens (tertiary/aromatic N) is 1. The molecule has 0 N–H and O–H groups in total. The average molecular weight is 483 g/mol. The molecule has 1 aromatic heterocycles. The van der Waals surface area contributed by atoms with Gasteiger partial charge in [-0.05, 0) is 29.3 Å². The number of carbonyl (C=O) groups excluding carboxylic acids is 2. The summed E-state index contributed by atoms with van der Waals surface area (Å²) in [6.07, 6.45) is 0.161. The van der Waals surface area contributed by atoms with Gasteiger partial charge in [0.25, 0.3) is 0 Å². The molecule has 178 valence electrons. The van der Waals surface area contributed by atoms with E-state index in [1.807, 2.05) is 13.8 Å². The second-order valence-corrected chi connectivity index (χ2v) is 8.98. The van der Waals surface area contributed by atoms with Crippen molar-refractivity contribution in [1.82, 2.24) is 4.98 Å². The van der Waals surface area contributed by atoms with Crippen molar-refractivity contribution < 1.29 is 43.2 Å². The molecule has 1 aliphatic rings. The largest absolute Gasteiger partial charge is 0.493 e. The summed E-state index contributed by atoms with van der Waals surface area (Å²) < 4.78 is 80.0. The molecular weight excluding hydrogens is 461 g/mol. The van der Waals surface area contributed by atoms with Gasteiger partial charge in [0.05, 0.1) is 21.3 Å². The minimum atomic E-state index is -10.0. The van der Waals surface area contributed by atoms with Gasteiger partial charge >= 0.3 is 16.2 Å². The Kier molecular flexibility index (Phi) is 6.03. The summed E-state index contributed by atoms with van der Waals surface area (Å²) in [5, 5.41) is -2.37. The highest BCUT2D eigenvalue weighted by atomic mass is 32.5. The highest BCUT2D eigenvalue weighted by molar-refractivity contribution is 8.45. The third-order valence-electron chi connectivity index (χ3n) is 4.86. The van der Waals surface area contributed by atoms with Gasteiger partial charge in [-0.1, -0.05) is 39.3 Å². The molecule has 32 heavy (non-hydrogen) atoms. The topological polar surface area (TPSA) is 74.7 Å². The van der Waals surface area contributed by atoms with Crippen LogP contribution in [0, 0.1) is 0 Å². The maximum absolute atomic E-state index is 13.2. The van der Waals surface area contributed by atoms with Gasteiger partial charge in [-0.3, -0.25) is 9.59 Å². The summed E-state index contributed by atoms with van der Waals surface area (Å²) >= 11 is 0. The molecule has 0 saturated carbocycles. The van der Waals surface area contributed by atoms with Crippen molar-refractivity contribution in [2.24, 2.45) is 0 Å². The molecule has 1 aromatic carbocycles. The van der Waals surface area contributed by atoms with Crippen molar-refractivity contribution in [2.45, 2.75) is 30.7 Å². The van der Waals surface area contributed by atoms with E-state index >= 15 is 0 Å². The minimum absolute atomic E-state index is 0.0546. The number of hydrogen-bond donors (Lipinski definition) is 0. The average Bonchev–Trinajstić information content (AvgIpc) is 3.04. The third-order valence-corrected chi connectivity index (χ3v) is 5.89. The van der Waals surface area contributed by atoms with E-state index in [0.29, 0.717) is 17.8 Å². The summed E-state index contributed by atoms with van der Waals surface area (Å²) in [6.45, 7) is 4.00. The monoisotopic (exact) mass is 483 g/mol. The smallest absolute Gasteiger partial charge is 0.325 e. The molecule has 0 aliphatic heterocycles. The van der Waals surface area contributed by atoms with Crippen LogP contribution in [0.4, 0.5) is 19.4 Å². The van der Waals surface area contributed by atoms with Crippen molar-refractivity contribution in [1.29, 1.82) is 0 Å². The Hall–Kier alpha value is -2.89. The fourth-order valence-corrected chi connectivity index (χ4v) is 4.00. The number of hydrogen-bond acceptors (Lipinski definition) is 6. The number of fused-ring (bicyclic) bond motifs is 1. The SMILES string of the molecule is CC.COC(=O)C1(c2ccc(S(F)(F)(F)(F)F)nc2)Cc2cc(OC)c(OC)cc2C1=O. The van der Waals surface area contributed by atoms with Crippen LogP contribution in [0.1, 0.15) is 35.3 Å². The standard InChI is InChI=1S/C18H16F5NO5S.C2H6/c1-27-13-6-10-8-18(17(26)29-3,16(25)12(10)7-14(13)28-2)11-4-5-15(24-9-11)30(19,20,21,22)23;1-2/h4-7,9H,8H2,1-3H3;1-2H3. The first kappa shape index (κ1) is 25.4. The maximum Gasteiger partial charge on any atom is 0.325 e. The molecule has 0 saturated heterocycles. The number of aromatic nitrogens is 1. The number of pyridine rings is 1. The highest BCUT2D eigenvalue weighted by Crippen LogP contribution is 3.01. The Labute approximate surface area is 181 Å². The lowest BCUT2D eigenvalue weighted by molar-refractivity contribution is -0.145. The fourth-order valence-electron chi connectivity index (χ4n) is 3.43. The summed E-state index contributed by atoms with van der Waals surface area (Å²) in [5.74, 6) is -1.39.